The fraction of sp³-hybridized carbons (Fsp3) is 0.522. The summed E-state index contributed by atoms with van der Waals surface area (Å²) in [6.45, 7) is 7.78. The summed E-state index contributed by atoms with van der Waals surface area (Å²) in [5.74, 6) is 0.166. The lowest BCUT2D eigenvalue weighted by atomic mass is 9.91. The molecule has 1 unspecified atom stereocenters. The number of carbonyl (C=O) groups is 1. The number of nitrogens with zero attached hydrogens (tertiary/aromatic N) is 1. The average molecular weight is 385 g/mol. The summed E-state index contributed by atoms with van der Waals surface area (Å²) < 4.78 is 0. The molecule has 0 fully saturated rings. The molecule has 1 aliphatic heterocycles. The van der Waals surface area contributed by atoms with E-state index in [1.807, 2.05) is 11.0 Å². The van der Waals surface area contributed by atoms with Gasteiger partial charge >= 0.3 is 0 Å². The van der Waals surface area contributed by atoms with Gasteiger partial charge in [-0.25, -0.2) is 0 Å². The van der Waals surface area contributed by atoms with Crippen molar-refractivity contribution in [2.45, 2.75) is 71.4 Å². The van der Waals surface area contributed by atoms with E-state index in [0.717, 1.165) is 43.5 Å². The highest BCUT2D eigenvalue weighted by Crippen LogP contribution is 2.27. The predicted molar refractivity (Wildman–Crippen MR) is 114 cm³/mol. The molecule has 2 aromatic rings. The van der Waals surface area contributed by atoms with E-state index in [2.05, 4.69) is 43.7 Å². The van der Waals surface area contributed by atoms with Crippen molar-refractivity contribution in [2.24, 2.45) is 5.73 Å². The number of benzene rings is 1. The minimum atomic E-state index is -0.205. The highest BCUT2D eigenvalue weighted by atomic mass is 32.1. The molecule has 0 aliphatic carbocycles. The predicted octanol–water partition coefficient (Wildman–Crippen LogP) is 5.23. The maximum Gasteiger partial charge on any atom is 0.254 e. The van der Waals surface area contributed by atoms with E-state index < -0.39 is 0 Å². The van der Waals surface area contributed by atoms with Crippen molar-refractivity contribution in [3.63, 3.8) is 0 Å². The standard InChI is InChI=1S/C23H32N2OS/c1-17-13-20-15-25(22(26)21(20)14-18(17)2)11-10-23(3,24)9-6-4-5-7-19-8-12-27-16-19/h8,12-14,16H,4-7,9-11,15,24H2,1-3H3. The lowest BCUT2D eigenvalue weighted by molar-refractivity contribution is 0.0766. The van der Waals surface area contributed by atoms with Gasteiger partial charge in [-0.15, -0.1) is 0 Å². The first-order valence-corrected chi connectivity index (χ1v) is 11.0. The van der Waals surface area contributed by atoms with Crippen LogP contribution in [0.1, 0.15) is 71.6 Å². The number of thiophene rings is 1. The fourth-order valence-corrected chi connectivity index (χ4v) is 4.52. The zero-order valence-electron chi connectivity index (χ0n) is 16.9. The van der Waals surface area contributed by atoms with Crippen LogP contribution < -0.4 is 5.73 Å². The summed E-state index contributed by atoms with van der Waals surface area (Å²) in [4.78, 5) is 14.6. The zero-order valence-corrected chi connectivity index (χ0v) is 17.7. The molecule has 0 spiro atoms. The Balaban J connectivity index is 1.41. The van der Waals surface area contributed by atoms with Crippen molar-refractivity contribution >= 4 is 17.2 Å². The van der Waals surface area contributed by atoms with Crippen LogP contribution in [0.15, 0.2) is 29.0 Å². The molecule has 1 amide bonds. The van der Waals surface area contributed by atoms with Crippen molar-refractivity contribution in [3.05, 3.63) is 56.8 Å². The number of amides is 1. The summed E-state index contributed by atoms with van der Waals surface area (Å²) >= 11 is 1.77. The van der Waals surface area contributed by atoms with E-state index in [4.69, 9.17) is 5.73 Å². The van der Waals surface area contributed by atoms with Gasteiger partial charge in [0.2, 0.25) is 0 Å². The third-order valence-electron chi connectivity index (χ3n) is 5.84. The van der Waals surface area contributed by atoms with Crippen LogP contribution in [0.4, 0.5) is 0 Å². The van der Waals surface area contributed by atoms with E-state index in [-0.39, 0.29) is 11.4 Å². The van der Waals surface area contributed by atoms with E-state index in [9.17, 15) is 4.79 Å². The van der Waals surface area contributed by atoms with Gasteiger partial charge in [0.1, 0.15) is 0 Å². The van der Waals surface area contributed by atoms with Gasteiger partial charge in [-0.3, -0.25) is 4.79 Å². The Morgan fingerprint density at radius 3 is 2.67 bits per heavy atom. The molecule has 0 radical (unpaired) electrons. The molecule has 3 nitrogen and oxygen atoms in total. The van der Waals surface area contributed by atoms with Crippen molar-refractivity contribution in [1.82, 2.24) is 4.90 Å². The molecule has 3 rings (SSSR count). The van der Waals surface area contributed by atoms with Gasteiger partial charge < -0.3 is 10.6 Å². The third kappa shape index (κ3) is 5.20. The molecule has 0 saturated heterocycles. The lowest BCUT2D eigenvalue weighted by Crippen LogP contribution is -2.40. The Kier molecular flexibility index (Phi) is 6.38. The Bertz CT molecular complexity index is 780. The first kappa shape index (κ1) is 20.1. The second-order valence-electron chi connectivity index (χ2n) is 8.42. The Morgan fingerprint density at radius 1 is 1.15 bits per heavy atom. The molecule has 27 heavy (non-hydrogen) atoms. The van der Waals surface area contributed by atoms with Gasteiger partial charge in [0, 0.05) is 24.2 Å². The number of carbonyl (C=O) groups excluding carboxylic acids is 1. The molecule has 1 aromatic carbocycles. The molecule has 1 aromatic heterocycles. The topological polar surface area (TPSA) is 46.3 Å². The molecule has 1 aliphatic rings. The van der Waals surface area contributed by atoms with Crippen molar-refractivity contribution in [2.75, 3.05) is 6.54 Å². The van der Waals surface area contributed by atoms with Crippen molar-refractivity contribution < 1.29 is 4.79 Å². The summed E-state index contributed by atoms with van der Waals surface area (Å²) in [5.41, 5.74) is 12.3. The maximum absolute atomic E-state index is 12.7. The lowest BCUT2D eigenvalue weighted by Gasteiger charge is -2.27. The van der Waals surface area contributed by atoms with Gasteiger partial charge in [0.25, 0.3) is 5.91 Å². The number of aryl methyl sites for hydroxylation is 3. The second-order valence-corrected chi connectivity index (χ2v) is 9.20. The Hall–Kier alpha value is -1.65. The van der Waals surface area contributed by atoms with Gasteiger partial charge in [-0.05, 0) is 91.6 Å². The molecule has 2 N–H and O–H groups in total. The molecule has 2 heterocycles. The van der Waals surface area contributed by atoms with E-state index in [0.29, 0.717) is 0 Å². The number of nitrogens with two attached hydrogens (primary N) is 1. The van der Waals surface area contributed by atoms with E-state index >= 15 is 0 Å². The molecular weight excluding hydrogens is 352 g/mol. The van der Waals surface area contributed by atoms with Crippen LogP contribution in [0.5, 0.6) is 0 Å². The summed E-state index contributed by atoms with van der Waals surface area (Å²) in [5, 5.41) is 4.38. The van der Waals surface area contributed by atoms with Crippen LogP contribution in [0.25, 0.3) is 0 Å². The normalized spacial score (nSPS) is 15.9. The zero-order chi connectivity index (χ0) is 19.4. The molecule has 0 bridgehead atoms. The highest BCUT2D eigenvalue weighted by molar-refractivity contribution is 7.07. The SMILES string of the molecule is Cc1cc2c(cc1C)C(=O)N(CCC(C)(N)CCCCCc1ccsc1)C2. The fourth-order valence-electron chi connectivity index (χ4n) is 3.82. The first-order valence-electron chi connectivity index (χ1n) is 10.0. The molecular formula is C23H32N2OS. The van der Waals surface area contributed by atoms with Crippen LogP contribution in [-0.2, 0) is 13.0 Å². The molecule has 146 valence electrons. The average Bonchev–Trinajstić information content (AvgIpc) is 3.23. The van der Waals surface area contributed by atoms with Gasteiger partial charge in [0.05, 0.1) is 0 Å². The van der Waals surface area contributed by atoms with Gasteiger partial charge in [0.15, 0.2) is 0 Å². The van der Waals surface area contributed by atoms with Gasteiger partial charge in [-0.2, -0.15) is 11.3 Å². The van der Waals surface area contributed by atoms with E-state index in [1.165, 1.54) is 36.0 Å². The van der Waals surface area contributed by atoms with Gasteiger partial charge in [-0.1, -0.05) is 18.9 Å². The number of hydrogen-bond donors (Lipinski definition) is 1. The minimum absolute atomic E-state index is 0.166. The summed E-state index contributed by atoms with van der Waals surface area (Å²) in [7, 11) is 0. The van der Waals surface area contributed by atoms with Crippen LogP contribution in [-0.4, -0.2) is 22.9 Å². The quantitative estimate of drug-likeness (QED) is 0.602. The monoisotopic (exact) mass is 384 g/mol. The molecule has 0 saturated carbocycles. The van der Waals surface area contributed by atoms with Crippen LogP contribution in [0.2, 0.25) is 0 Å². The highest BCUT2D eigenvalue weighted by Gasteiger charge is 2.29. The second kappa shape index (κ2) is 8.57. The van der Waals surface area contributed by atoms with Crippen LogP contribution >= 0.6 is 11.3 Å². The Morgan fingerprint density at radius 2 is 1.93 bits per heavy atom. The van der Waals surface area contributed by atoms with Crippen LogP contribution in [0.3, 0.4) is 0 Å². The minimum Gasteiger partial charge on any atom is -0.334 e. The first-order chi connectivity index (χ1) is 12.9. The summed E-state index contributed by atoms with van der Waals surface area (Å²) in [6, 6.07) is 6.42. The third-order valence-corrected chi connectivity index (χ3v) is 6.58. The number of fused-ring (bicyclic) bond motifs is 1. The van der Waals surface area contributed by atoms with E-state index in [1.54, 1.807) is 11.3 Å². The number of rotatable bonds is 9. The largest absolute Gasteiger partial charge is 0.334 e. The maximum atomic E-state index is 12.7. The smallest absolute Gasteiger partial charge is 0.254 e. The summed E-state index contributed by atoms with van der Waals surface area (Å²) in [6.07, 6.45) is 6.65. The van der Waals surface area contributed by atoms with Crippen molar-refractivity contribution in [3.8, 4) is 0 Å². The molecule has 1 atom stereocenters. The van der Waals surface area contributed by atoms with Crippen LogP contribution in [0, 0.1) is 13.8 Å². The number of unbranched alkanes of at least 4 members (excludes halogenated alkanes) is 2. The number of hydrogen-bond acceptors (Lipinski definition) is 3. The Labute approximate surface area is 167 Å². The molecule has 4 heteroatoms. The van der Waals surface area contributed by atoms with Crippen molar-refractivity contribution in [1.29, 1.82) is 0 Å².